The molecule has 2 N–H and O–H groups in total. The number of anilines is 1. The Bertz CT molecular complexity index is 511. The molecule has 7 heteroatoms. The predicted octanol–water partition coefficient (Wildman–Crippen LogP) is 1.41. The van der Waals surface area contributed by atoms with Gasteiger partial charge in [0.25, 0.3) is 5.69 Å². The molecule has 1 aromatic rings. The van der Waals surface area contributed by atoms with E-state index in [-0.39, 0.29) is 29.7 Å². The summed E-state index contributed by atoms with van der Waals surface area (Å²) in [6, 6.07) is 3.95. The lowest BCUT2D eigenvalue weighted by Crippen LogP contribution is -2.28. The summed E-state index contributed by atoms with van der Waals surface area (Å²) in [5.41, 5.74) is 0.179. The molecule has 0 aliphatic heterocycles. The molecule has 1 aromatic carbocycles. The number of amides is 1. The maximum atomic E-state index is 11.4. The fourth-order valence-corrected chi connectivity index (χ4v) is 1.44. The lowest BCUT2D eigenvalue weighted by molar-refractivity contribution is -0.384. The number of hydrogen-bond acceptors (Lipinski definition) is 4. The molecular weight excluding hydrogens is 258 g/mol. The molecule has 0 spiro atoms. The first-order valence-electron chi connectivity index (χ1n) is 4.92. The van der Waals surface area contributed by atoms with Gasteiger partial charge in [-0.1, -0.05) is 17.5 Å². The molecule has 0 fully saturated rings. The first-order valence-corrected chi connectivity index (χ1v) is 5.30. The van der Waals surface area contributed by atoms with Gasteiger partial charge in [-0.25, -0.2) is 0 Å². The van der Waals surface area contributed by atoms with Crippen LogP contribution in [0.2, 0.25) is 5.02 Å². The normalized spacial score (nSPS) is 9.56. The topological polar surface area (TPSA) is 84.3 Å². The van der Waals surface area contributed by atoms with Crippen molar-refractivity contribution in [2.24, 2.45) is 0 Å². The average molecular weight is 268 g/mol. The van der Waals surface area contributed by atoms with Crippen LogP contribution in [0, 0.1) is 22.5 Å². The monoisotopic (exact) mass is 267 g/mol. The van der Waals surface area contributed by atoms with Crippen LogP contribution in [0.15, 0.2) is 18.2 Å². The molecule has 1 amide bonds. The maximum absolute atomic E-state index is 11.4. The van der Waals surface area contributed by atoms with E-state index in [0.29, 0.717) is 5.69 Å². The van der Waals surface area contributed by atoms with Crippen molar-refractivity contribution < 1.29 is 9.72 Å². The van der Waals surface area contributed by atoms with Crippen LogP contribution in [0.5, 0.6) is 0 Å². The molecule has 0 saturated carbocycles. The lowest BCUT2D eigenvalue weighted by Gasteiger charge is -2.05. The first kappa shape index (κ1) is 14.0. The quantitative estimate of drug-likeness (QED) is 0.366. The molecule has 0 atom stereocenters. The van der Waals surface area contributed by atoms with Crippen molar-refractivity contribution in [2.45, 2.75) is 0 Å². The number of benzene rings is 1. The van der Waals surface area contributed by atoms with Crippen molar-refractivity contribution in [3.8, 4) is 12.3 Å². The van der Waals surface area contributed by atoms with Gasteiger partial charge in [-0.05, 0) is 12.1 Å². The molecule has 18 heavy (non-hydrogen) atoms. The summed E-state index contributed by atoms with van der Waals surface area (Å²) in [5.74, 6) is 2.02. The van der Waals surface area contributed by atoms with Crippen LogP contribution in [0.3, 0.4) is 0 Å². The highest BCUT2D eigenvalue weighted by Crippen LogP contribution is 2.26. The van der Waals surface area contributed by atoms with Gasteiger partial charge in [0.05, 0.1) is 18.0 Å². The van der Waals surface area contributed by atoms with E-state index in [0.717, 1.165) is 0 Å². The Labute approximate surface area is 108 Å². The smallest absolute Gasteiger partial charge is 0.288 e. The van der Waals surface area contributed by atoms with E-state index in [2.05, 4.69) is 16.6 Å². The molecule has 0 unspecified atom stereocenters. The second kappa shape index (κ2) is 6.59. The van der Waals surface area contributed by atoms with Crippen molar-refractivity contribution in [1.82, 2.24) is 5.32 Å². The Morgan fingerprint density at radius 1 is 1.56 bits per heavy atom. The van der Waals surface area contributed by atoms with E-state index in [1.165, 1.54) is 18.2 Å². The standard InChI is InChI=1S/C11H10ClN3O3/c1-2-5-13-7-11(16)14-8-3-4-10(15(17)18)9(12)6-8/h1,3-4,6,13H,5,7H2,(H,14,16). The molecule has 0 aliphatic carbocycles. The van der Waals surface area contributed by atoms with Crippen LogP contribution in [-0.2, 0) is 4.79 Å². The van der Waals surface area contributed by atoms with E-state index >= 15 is 0 Å². The van der Waals surface area contributed by atoms with Crippen molar-refractivity contribution >= 4 is 28.9 Å². The van der Waals surface area contributed by atoms with Crippen LogP contribution < -0.4 is 10.6 Å². The van der Waals surface area contributed by atoms with Gasteiger partial charge in [-0.15, -0.1) is 6.42 Å². The van der Waals surface area contributed by atoms with E-state index in [1.54, 1.807) is 0 Å². The number of nitrogens with one attached hydrogen (secondary N) is 2. The van der Waals surface area contributed by atoms with Gasteiger partial charge in [0, 0.05) is 11.8 Å². The Balaban J connectivity index is 2.64. The summed E-state index contributed by atoms with van der Waals surface area (Å²) in [7, 11) is 0. The molecule has 0 saturated heterocycles. The van der Waals surface area contributed by atoms with Crippen molar-refractivity contribution in [3.63, 3.8) is 0 Å². The number of rotatable bonds is 5. The summed E-state index contributed by atoms with van der Waals surface area (Å²) in [6.45, 7) is 0.341. The van der Waals surface area contributed by atoms with E-state index in [1.807, 2.05) is 0 Å². The molecule has 6 nitrogen and oxygen atoms in total. The summed E-state index contributed by atoms with van der Waals surface area (Å²) in [6.07, 6.45) is 5.01. The Hall–Kier alpha value is -2.10. The van der Waals surface area contributed by atoms with Gasteiger partial charge in [0.1, 0.15) is 5.02 Å². The minimum Gasteiger partial charge on any atom is -0.325 e. The summed E-state index contributed by atoms with van der Waals surface area (Å²) >= 11 is 5.70. The zero-order chi connectivity index (χ0) is 13.5. The summed E-state index contributed by atoms with van der Waals surface area (Å²) < 4.78 is 0. The minimum atomic E-state index is -0.595. The maximum Gasteiger partial charge on any atom is 0.288 e. The van der Waals surface area contributed by atoms with Gasteiger partial charge in [0.2, 0.25) is 5.91 Å². The number of halogens is 1. The number of nitrogens with zero attached hydrogens (tertiary/aromatic N) is 1. The third-order valence-corrected chi connectivity index (χ3v) is 2.24. The SMILES string of the molecule is C#CCNCC(=O)Nc1ccc([N+](=O)[O-])c(Cl)c1. The number of nitro groups is 1. The number of carbonyl (C=O) groups is 1. The van der Waals surface area contributed by atoms with Crippen LogP contribution in [0.4, 0.5) is 11.4 Å². The second-order valence-electron chi connectivity index (χ2n) is 3.28. The highest BCUT2D eigenvalue weighted by atomic mass is 35.5. The average Bonchev–Trinajstić information content (AvgIpc) is 2.28. The third kappa shape index (κ3) is 4.05. The molecule has 0 aromatic heterocycles. The highest BCUT2D eigenvalue weighted by Gasteiger charge is 2.12. The Morgan fingerprint density at radius 3 is 2.83 bits per heavy atom. The molecule has 0 bridgehead atoms. The van der Waals surface area contributed by atoms with Crippen LogP contribution in [-0.4, -0.2) is 23.9 Å². The molecule has 94 valence electrons. The zero-order valence-corrected chi connectivity index (χ0v) is 10.0. The Morgan fingerprint density at radius 2 is 2.28 bits per heavy atom. The van der Waals surface area contributed by atoms with Crippen LogP contribution in [0.1, 0.15) is 0 Å². The van der Waals surface area contributed by atoms with Gasteiger partial charge >= 0.3 is 0 Å². The number of terminal acetylenes is 1. The fraction of sp³-hybridized carbons (Fsp3) is 0.182. The highest BCUT2D eigenvalue weighted by molar-refractivity contribution is 6.33. The summed E-state index contributed by atoms with van der Waals surface area (Å²) in [5, 5.41) is 15.7. The van der Waals surface area contributed by atoms with Crippen molar-refractivity contribution in [1.29, 1.82) is 0 Å². The van der Waals surface area contributed by atoms with Crippen molar-refractivity contribution in [3.05, 3.63) is 33.3 Å². The van der Waals surface area contributed by atoms with E-state index in [4.69, 9.17) is 18.0 Å². The molecule has 0 radical (unpaired) electrons. The lowest BCUT2D eigenvalue weighted by atomic mass is 10.3. The number of nitro benzene ring substituents is 1. The first-order chi connectivity index (χ1) is 8.54. The molecular formula is C11H10ClN3O3. The molecule has 0 aliphatic rings. The van der Waals surface area contributed by atoms with E-state index < -0.39 is 4.92 Å². The van der Waals surface area contributed by atoms with E-state index in [9.17, 15) is 14.9 Å². The van der Waals surface area contributed by atoms with Crippen LogP contribution in [0.25, 0.3) is 0 Å². The second-order valence-corrected chi connectivity index (χ2v) is 3.69. The third-order valence-electron chi connectivity index (χ3n) is 1.94. The summed E-state index contributed by atoms with van der Waals surface area (Å²) in [4.78, 5) is 21.3. The van der Waals surface area contributed by atoms with Gasteiger partial charge in [0.15, 0.2) is 0 Å². The van der Waals surface area contributed by atoms with Gasteiger partial charge in [-0.3, -0.25) is 20.2 Å². The number of hydrogen-bond donors (Lipinski definition) is 2. The zero-order valence-electron chi connectivity index (χ0n) is 9.27. The largest absolute Gasteiger partial charge is 0.325 e. The van der Waals surface area contributed by atoms with Crippen molar-refractivity contribution in [2.75, 3.05) is 18.4 Å². The predicted molar refractivity (Wildman–Crippen MR) is 68.4 cm³/mol. The van der Waals surface area contributed by atoms with Gasteiger partial charge in [-0.2, -0.15) is 0 Å². The fourth-order valence-electron chi connectivity index (χ4n) is 1.19. The minimum absolute atomic E-state index is 0.0330. The van der Waals surface area contributed by atoms with Crippen LogP contribution >= 0.6 is 11.6 Å². The van der Waals surface area contributed by atoms with Gasteiger partial charge < -0.3 is 5.32 Å². The molecule has 0 heterocycles. The molecule has 1 rings (SSSR count). The Kier molecular flexibility index (Phi) is 5.11. The number of carbonyl (C=O) groups excluding carboxylic acids is 1.